The molecule has 4 N–H and O–H groups in total. The lowest BCUT2D eigenvalue weighted by atomic mass is 10.3. The van der Waals surface area contributed by atoms with E-state index in [0.29, 0.717) is 26.1 Å². The largest absolute Gasteiger partial charge is 0.340 e. The van der Waals surface area contributed by atoms with Gasteiger partial charge < -0.3 is 10.6 Å². The van der Waals surface area contributed by atoms with Gasteiger partial charge in [0.25, 0.3) is 10.2 Å². The summed E-state index contributed by atoms with van der Waals surface area (Å²) in [6.07, 6.45) is 0.301. The Balaban J connectivity index is 0.00000225. The predicted octanol–water partition coefficient (Wildman–Crippen LogP) is -1.90. The molecule has 0 spiro atoms. The highest BCUT2D eigenvalue weighted by Gasteiger charge is 2.25. The number of nitrogens with two attached hydrogens (primary N) is 2. The van der Waals surface area contributed by atoms with Crippen LogP contribution in [0.1, 0.15) is 6.42 Å². The summed E-state index contributed by atoms with van der Waals surface area (Å²) in [5.74, 6) is -0.0356. The van der Waals surface area contributed by atoms with E-state index < -0.39 is 10.2 Å². The summed E-state index contributed by atoms with van der Waals surface area (Å²) in [5, 5.41) is 4.97. The van der Waals surface area contributed by atoms with Crippen molar-refractivity contribution in [3.8, 4) is 0 Å². The topological polar surface area (TPSA) is 110 Å². The molecule has 0 radical (unpaired) electrons. The monoisotopic (exact) mass is 272 g/mol. The van der Waals surface area contributed by atoms with Gasteiger partial charge in [-0.05, 0) is 0 Å². The molecule has 7 nitrogen and oxygen atoms in total. The SMILES string of the molecule is Cl.NCCC(=O)N1CCN(S(N)(=O)=O)CC1. The van der Waals surface area contributed by atoms with Crippen molar-refractivity contribution in [3.63, 3.8) is 0 Å². The summed E-state index contributed by atoms with van der Waals surface area (Å²) in [4.78, 5) is 13.0. The predicted molar refractivity (Wildman–Crippen MR) is 62.2 cm³/mol. The molecule has 1 rings (SSSR count). The molecule has 0 unspecified atom stereocenters. The van der Waals surface area contributed by atoms with Crippen molar-refractivity contribution in [3.05, 3.63) is 0 Å². The molecule has 0 atom stereocenters. The molecule has 9 heteroatoms. The summed E-state index contributed by atoms with van der Waals surface area (Å²) in [5.41, 5.74) is 5.26. The van der Waals surface area contributed by atoms with Crippen LogP contribution in [-0.4, -0.2) is 56.3 Å². The molecule has 0 saturated carbocycles. The fraction of sp³-hybridized carbons (Fsp3) is 0.857. The van der Waals surface area contributed by atoms with Gasteiger partial charge in [-0.1, -0.05) is 0 Å². The fourth-order valence-corrected chi connectivity index (χ4v) is 2.15. The average molecular weight is 273 g/mol. The van der Waals surface area contributed by atoms with Crippen LogP contribution in [0.4, 0.5) is 0 Å². The van der Waals surface area contributed by atoms with E-state index in [-0.39, 0.29) is 31.4 Å². The number of rotatable bonds is 3. The Bertz CT molecular complexity index is 327. The van der Waals surface area contributed by atoms with Crippen LogP contribution in [-0.2, 0) is 15.0 Å². The number of piperazine rings is 1. The third-order valence-corrected chi connectivity index (χ3v) is 3.39. The summed E-state index contributed by atoms with van der Waals surface area (Å²) in [7, 11) is -3.62. The summed E-state index contributed by atoms with van der Waals surface area (Å²) in [6.45, 7) is 1.60. The minimum absolute atomic E-state index is 0. The molecule has 1 heterocycles. The molecule has 0 aliphatic carbocycles. The van der Waals surface area contributed by atoms with Crippen LogP contribution >= 0.6 is 12.4 Å². The van der Waals surface area contributed by atoms with Crippen molar-refractivity contribution in [1.29, 1.82) is 0 Å². The highest BCUT2D eigenvalue weighted by Crippen LogP contribution is 2.05. The Kier molecular flexibility index (Phi) is 6.19. The molecule has 0 aromatic carbocycles. The number of carbonyl (C=O) groups excluding carboxylic acids is 1. The third kappa shape index (κ3) is 4.22. The van der Waals surface area contributed by atoms with E-state index in [1.807, 2.05) is 0 Å². The first-order chi connectivity index (χ1) is 6.95. The van der Waals surface area contributed by atoms with Gasteiger partial charge in [0.15, 0.2) is 0 Å². The van der Waals surface area contributed by atoms with Gasteiger partial charge in [-0.25, -0.2) is 5.14 Å². The van der Waals surface area contributed by atoms with Crippen molar-refractivity contribution in [2.75, 3.05) is 32.7 Å². The molecular weight excluding hydrogens is 256 g/mol. The number of hydrogen-bond donors (Lipinski definition) is 2. The van der Waals surface area contributed by atoms with E-state index in [2.05, 4.69) is 0 Å². The number of nitrogens with zero attached hydrogens (tertiary/aromatic N) is 2. The maximum atomic E-state index is 11.4. The zero-order chi connectivity index (χ0) is 11.5. The molecule has 1 saturated heterocycles. The first-order valence-electron chi connectivity index (χ1n) is 4.71. The molecule has 0 aromatic heterocycles. The second-order valence-corrected chi connectivity index (χ2v) is 4.91. The van der Waals surface area contributed by atoms with Gasteiger partial charge in [0, 0.05) is 39.1 Å². The molecule has 0 aromatic rings. The Morgan fingerprint density at radius 2 is 1.69 bits per heavy atom. The summed E-state index contributed by atoms with van der Waals surface area (Å²) >= 11 is 0. The van der Waals surface area contributed by atoms with Crippen molar-refractivity contribution in [2.45, 2.75) is 6.42 Å². The average Bonchev–Trinajstić information content (AvgIpc) is 2.17. The quantitative estimate of drug-likeness (QED) is 0.625. The van der Waals surface area contributed by atoms with Crippen molar-refractivity contribution < 1.29 is 13.2 Å². The van der Waals surface area contributed by atoms with Crippen LogP contribution in [0.2, 0.25) is 0 Å². The minimum Gasteiger partial charge on any atom is -0.340 e. The van der Waals surface area contributed by atoms with Crippen LogP contribution in [0.5, 0.6) is 0 Å². The van der Waals surface area contributed by atoms with Crippen LogP contribution in [0.3, 0.4) is 0 Å². The van der Waals surface area contributed by atoms with E-state index >= 15 is 0 Å². The lowest BCUT2D eigenvalue weighted by Gasteiger charge is -2.32. The van der Waals surface area contributed by atoms with Gasteiger partial charge in [-0.15, -0.1) is 12.4 Å². The second-order valence-electron chi connectivity index (χ2n) is 3.36. The Labute approximate surface area is 101 Å². The molecule has 96 valence electrons. The molecule has 1 aliphatic rings. The Morgan fingerprint density at radius 1 is 1.19 bits per heavy atom. The molecule has 16 heavy (non-hydrogen) atoms. The van der Waals surface area contributed by atoms with Gasteiger partial charge in [0.1, 0.15) is 0 Å². The highest BCUT2D eigenvalue weighted by atomic mass is 35.5. The second kappa shape index (κ2) is 6.36. The van der Waals surface area contributed by atoms with Crippen LogP contribution in [0, 0.1) is 0 Å². The normalized spacial score (nSPS) is 18.0. The fourth-order valence-electron chi connectivity index (χ4n) is 1.47. The number of halogens is 1. The van der Waals surface area contributed by atoms with E-state index in [1.54, 1.807) is 4.90 Å². The highest BCUT2D eigenvalue weighted by molar-refractivity contribution is 7.86. The first kappa shape index (κ1) is 15.6. The summed E-state index contributed by atoms with van der Waals surface area (Å²) in [6, 6.07) is 0. The van der Waals surface area contributed by atoms with E-state index in [4.69, 9.17) is 10.9 Å². The smallest absolute Gasteiger partial charge is 0.277 e. The van der Waals surface area contributed by atoms with E-state index in [1.165, 1.54) is 4.31 Å². The van der Waals surface area contributed by atoms with Crippen molar-refractivity contribution in [2.24, 2.45) is 10.9 Å². The Morgan fingerprint density at radius 3 is 2.06 bits per heavy atom. The van der Waals surface area contributed by atoms with Crippen LogP contribution < -0.4 is 10.9 Å². The third-order valence-electron chi connectivity index (χ3n) is 2.31. The molecular formula is C7H17ClN4O3S. The van der Waals surface area contributed by atoms with E-state index in [9.17, 15) is 13.2 Å². The van der Waals surface area contributed by atoms with Gasteiger partial charge >= 0.3 is 0 Å². The number of hydrogen-bond acceptors (Lipinski definition) is 4. The van der Waals surface area contributed by atoms with Crippen LogP contribution in [0.25, 0.3) is 0 Å². The number of amides is 1. The minimum atomic E-state index is -3.62. The molecule has 1 amide bonds. The van der Waals surface area contributed by atoms with Gasteiger partial charge in [-0.2, -0.15) is 12.7 Å². The van der Waals surface area contributed by atoms with Gasteiger partial charge in [0.2, 0.25) is 5.91 Å². The first-order valence-corrected chi connectivity index (χ1v) is 6.21. The lowest BCUT2D eigenvalue weighted by Crippen LogP contribution is -2.52. The van der Waals surface area contributed by atoms with Crippen molar-refractivity contribution in [1.82, 2.24) is 9.21 Å². The molecule has 1 fully saturated rings. The van der Waals surface area contributed by atoms with Crippen LogP contribution in [0.15, 0.2) is 0 Å². The molecule has 1 aliphatic heterocycles. The van der Waals surface area contributed by atoms with Gasteiger partial charge in [0.05, 0.1) is 0 Å². The van der Waals surface area contributed by atoms with Gasteiger partial charge in [-0.3, -0.25) is 4.79 Å². The summed E-state index contributed by atoms with van der Waals surface area (Å²) < 4.78 is 23.1. The Hall–Kier alpha value is -0.410. The maximum absolute atomic E-state index is 11.4. The zero-order valence-electron chi connectivity index (χ0n) is 8.83. The van der Waals surface area contributed by atoms with E-state index in [0.717, 1.165) is 0 Å². The standard InChI is InChI=1S/C7H16N4O3S.ClH/c8-2-1-7(12)10-3-5-11(6-4-10)15(9,13)14;/h1-6,8H2,(H2,9,13,14);1H. The van der Waals surface area contributed by atoms with Crippen molar-refractivity contribution >= 4 is 28.5 Å². The number of carbonyl (C=O) groups is 1. The molecule has 0 bridgehead atoms. The maximum Gasteiger partial charge on any atom is 0.277 e. The lowest BCUT2D eigenvalue weighted by molar-refractivity contribution is -0.132. The zero-order valence-corrected chi connectivity index (χ0v) is 10.5.